The van der Waals surface area contributed by atoms with Crippen LogP contribution in [-0.4, -0.2) is 53.2 Å². The summed E-state index contributed by atoms with van der Waals surface area (Å²) in [6.45, 7) is 2.80. The van der Waals surface area contributed by atoms with Crippen molar-refractivity contribution >= 4 is 12.0 Å². The van der Waals surface area contributed by atoms with Crippen LogP contribution in [0.1, 0.15) is 39.0 Å². The number of urea groups is 1. The average molecular weight is 295 g/mol. The Bertz CT molecular complexity index is 418. The van der Waals surface area contributed by atoms with Crippen LogP contribution < -0.4 is 10.6 Å². The number of rotatable bonds is 7. The van der Waals surface area contributed by atoms with Crippen LogP contribution in [0.15, 0.2) is 0 Å². The Morgan fingerprint density at radius 2 is 1.90 bits per heavy atom. The largest absolute Gasteiger partial charge is 0.480 e. The molecule has 0 spiro atoms. The van der Waals surface area contributed by atoms with E-state index in [9.17, 15) is 9.59 Å². The topological polar surface area (TPSA) is 81.7 Å². The van der Waals surface area contributed by atoms with Crippen molar-refractivity contribution in [3.63, 3.8) is 0 Å². The van der Waals surface area contributed by atoms with Crippen molar-refractivity contribution < 1.29 is 14.7 Å². The highest BCUT2D eigenvalue weighted by atomic mass is 16.4. The lowest BCUT2D eigenvalue weighted by atomic mass is 9.85. The molecule has 2 amide bonds. The van der Waals surface area contributed by atoms with E-state index >= 15 is 0 Å². The number of hydrogen-bond donors (Lipinski definition) is 3. The molecule has 0 heterocycles. The van der Waals surface area contributed by atoms with Gasteiger partial charge in [-0.3, -0.25) is 9.69 Å². The van der Waals surface area contributed by atoms with Crippen LogP contribution in [0.2, 0.25) is 0 Å². The Kier molecular flexibility index (Phi) is 4.06. The van der Waals surface area contributed by atoms with Gasteiger partial charge in [-0.25, -0.2) is 4.79 Å². The number of hydrogen-bond acceptors (Lipinski definition) is 3. The van der Waals surface area contributed by atoms with Gasteiger partial charge in [0.15, 0.2) is 0 Å². The second kappa shape index (κ2) is 5.83. The molecular formula is C15H25N3O3. The van der Waals surface area contributed by atoms with E-state index < -0.39 is 5.97 Å². The van der Waals surface area contributed by atoms with Gasteiger partial charge in [0.1, 0.15) is 0 Å². The third-order valence-electron chi connectivity index (χ3n) is 5.09. The molecule has 3 N–H and O–H groups in total. The Morgan fingerprint density at radius 3 is 2.48 bits per heavy atom. The zero-order valence-corrected chi connectivity index (χ0v) is 12.5. The van der Waals surface area contributed by atoms with Crippen molar-refractivity contribution in [3.8, 4) is 0 Å². The maximum atomic E-state index is 11.9. The molecule has 0 aromatic heterocycles. The third kappa shape index (κ3) is 3.67. The summed E-state index contributed by atoms with van der Waals surface area (Å²) in [7, 11) is 0. The van der Waals surface area contributed by atoms with Crippen molar-refractivity contribution in [2.24, 2.45) is 11.8 Å². The third-order valence-corrected chi connectivity index (χ3v) is 5.09. The number of carbonyl (C=O) groups is 2. The van der Waals surface area contributed by atoms with E-state index in [-0.39, 0.29) is 24.7 Å². The number of likely N-dealkylation sites (N-methyl/N-ethyl adjacent to an activating group) is 1. The second-order valence-electron chi connectivity index (χ2n) is 6.74. The van der Waals surface area contributed by atoms with E-state index in [4.69, 9.17) is 5.11 Å². The molecule has 0 aliphatic heterocycles. The number of carboxylic acid groups (broad SMARTS) is 1. The second-order valence-corrected chi connectivity index (χ2v) is 6.74. The Morgan fingerprint density at radius 1 is 1.19 bits per heavy atom. The van der Waals surface area contributed by atoms with Crippen molar-refractivity contribution in [1.82, 2.24) is 15.5 Å². The van der Waals surface area contributed by atoms with Crippen LogP contribution in [0.25, 0.3) is 0 Å². The van der Waals surface area contributed by atoms with Gasteiger partial charge in [-0.1, -0.05) is 6.92 Å². The minimum atomic E-state index is -0.786. The van der Waals surface area contributed by atoms with Crippen molar-refractivity contribution in [3.05, 3.63) is 0 Å². The molecule has 3 aliphatic carbocycles. The van der Waals surface area contributed by atoms with Crippen molar-refractivity contribution in [2.75, 3.05) is 13.1 Å². The maximum Gasteiger partial charge on any atom is 0.317 e. The standard InChI is InChI=1S/C15H25N3O3/c1-2-18(8-14(19)20)11-5-10(6-11)16-15(21)17-13-7-12(13)9-3-4-9/h9-13H,2-8H2,1H3,(H,19,20)(H2,16,17,21)/t10?,11?,12-,13+/m0/s1. The lowest BCUT2D eigenvalue weighted by molar-refractivity contribution is -0.139. The zero-order valence-electron chi connectivity index (χ0n) is 12.5. The maximum absolute atomic E-state index is 11.9. The first-order valence-corrected chi connectivity index (χ1v) is 8.09. The van der Waals surface area contributed by atoms with Gasteiger partial charge >= 0.3 is 12.0 Å². The minimum absolute atomic E-state index is 0.0483. The summed E-state index contributed by atoms with van der Waals surface area (Å²) in [6, 6.07) is 0.827. The van der Waals surface area contributed by atoms with Crippen LogP contribution in [0.5, 0.6) is 0 Å². The monoisotopic (exact) mass is 295 g/mol. The Labute approximate surface area is 125 Å². The molecule has 0 aromatic carbocycles. The fourth-order valence-electron chi connectivity index (χ4n) is 3.50. The summed E-state index contributed by atoms with van der Waals surface area (Å²) < 4.78 is 0. The molecule has 0 radical (unpaired) electrons. The first-order valence-electron chi connectivity index (χ1n) is 8.09. The van der Waals surface area contributed by atoms with Crippen LogP contribution >= 0.6 is 0 Å². The molecular weight excluding hydrogens is 270 g/mol. The highest BCUT2D eigenvalue weighted by Gasteiger charge is 2.48. The molecule has 0 bridgehead atoms. The molecule has 3 aliphatic rings. The number of amides is 2. The van der Waals surface area contributed by atoms with Gasteiger partial charge in [-0.15, -0.1) is 0 Å². The van der Waals surface area contributed by atoms with E-state index in [1.54, 1.807) is 0 Å². The normalized spacial score (nSPS) is 34.2. The smallest absolute Gasteiger partial charge is 0.317 e. The highest BCUT2D eigenvalue weighted by Crippen LogP contribution is 2.49. The van der Waals surface area contributed by atoms with Crippen LogP contribution in [0.3, 0.4) is 0 Å². The predicted octanol–water partition coefficient (Wildman–Crippen LogP) is 1.02. The molecule has 118 valence electrons. The van der Waals surface area contributed by atoms with E-state index in [2.05, 4.69) is 10.6 Å². The molecule has 0 aromatic rings. The predicted molar refractivity (Wildman–Crippen MR) is 78.0 cm³/mol. The first kappa shape index (κ1) is 14.6. The van der Waals surface area contributed by atoms with Gasteiger partial charge in [0.2, 0.25) is 0 Å². The molecule has 3 saturated carbocycles. The summed E-state index contributed by atoms with van der Waals surface area (Å²) in [5.74, 6) is 0.819. The molecule has 3 fully saturated rings. The molecule has 0 unspecified atom stereocenters. The van der Waals surface area contributed by atoms with Gasteiger partial charge in [0, 0.05) is 18.1 Å². The number of carbonyl (C=O) groups excluding carboxylic acids is 1. The average Bonchev–Trinajstić information content (AvgIpc) is 3.22. The fraction of sp³-hybridized carbons (Fsp3) is 0.867. The molecule has 6 nitrogen and oxygen atoms in total. The zero-order chi connectivity index (χ0) is 15.0. The summed E-state index contributed by atoms with van der Waals surface area (Å²) in [6.07, 6.45) is 5.53. The van der Waals surface area contributed by atoms with Gasteiger partial charge in [0.25, 0.3) is 0 Å². The lowest BCUT2D eigenvalue weighted by Gasteiger charge is -2.42. The fourth-order valence-corrected chi connectivity index (χ4v) is 3.50. The molecule has 0 saturated heterocycles. The molecule has 6 heteroatoms. The highest BCUT2D eigenvalue weighted by molar-refractivity contribution is 5.75. The van der Waals surface area contributed by atoms with E-state index in [1.807, 2.05) is 11.8 Å². The Hall–Kier alpha value is -1.30. The summed E-state index contributed by atoms with van der Waals surface area (Å²) in [5, 5.41) is 14.9. The SMILES string of the molecule is CCN(CC(=O)O)C1CC(NC(=O)N[C@@H]2C[C@H]2C2CC2)C1. The molecule has 21 heavy (non-hydrogen) atoms. The number of nitrogens with one attached hydrogen (secondary N) is 2. The van der Waals surface area contributed by atoms with Gasteiger partial charge < -0.3 is 15.7 Å². The molecule has 3 rings (SSSR count). The van der Waals surface area contributed by atoms with Crippen molar-refractivity contribution in [2.45, 2.75) is 57.2 Å². The van der Waals surface area contributed by atoms with Gasteiger partial charge in [0.05, 0.1) is 6.54 Å². The van der Waals surface area contributed by atoms with E-state index in [0.29, 0.717) is 6.04 Å². The quantitative estimate of drug-likeness (QED) is 0.655. The lowest BCUT2D eigenvalue weighted by Crippen LogP contribution is -2.56. The van der Waals surface area contributed by atoms with Crippen LogP contribution in [0, 0.1) is 11.8 Å². The number of aliphatic carboxylic acids is 1. The van der Waals surface area contributed by atoms with Crippen LogP contribution in [0.4, 0.5) is 4.79 Å². The molecule has 2 atom stereocenters. The number of nitrogens with zero attached hydrogens (tertiary/aromatic N) is 1. The van der Waals surface area contributed by atoms with Crippen LogP contribution in [-0.2, 0) is 4.79 Å². The minimum Gasteiger partial charge on any atom is -0.480 e. The van der Waals surface area contributed by atoms with E-state index in [0.717, 1.165) is 37.6 Å². The van der Waals surface area contributed by atoms with Gasteiger partial charge in [-0.05, 0) is 50.5 Å². The van der Waals surface area contributed by atoms with E-state index in [1.165, 1.54) is 12.8 Å². The summed E-state index contributed by atoms with van der Waals surface area (Å²) in [5.41, 5.74) is 0. The summed E-state index contributed by atoms with van der Waals surface area (Å²) >= 11 is 0. The van der Waals surface area contributed by atoms with Gasteiger partial charge in [-0.2, -0.15) is 0 Å². The summed E-state index contributed by atoms with van der Waals surface area (Å²) in [4.78, 5) is 24.6. The Balaban J connectivity index is 1.32. The number of carboxylic acids is 1. The van der Waals surface area contributed by atoms with Crippen molar-refractivity contribution in [1.29, 1.82) is 0 Å². The first-order chi connectivity index (χ1) is 10.1.